The molecule has 0 radical (unpaired) electrons. The van der Waals surface area contributed by atoms with Crippen LogP contribution < -0.4 is 5.32 Å². The standard InChI is InChI=1S/C14H19BrClNO/c1-2-5-11(8-9-16)10-17-14(18)12-6-3-4-7-13(12)15/h3-4,6-7,11H,2,5,8-10H2,1H3,(H,17,18). The molecular formula is C14H19BrClNO. The predicted octanol–water partition coefficient (Wildman–Crippen LogP) is 4.22. The minimum Gasteiger partial charge on any atom is -0.352 e. The third-order valence-corrected chi connectivity index (χ3v) is 3.79. The number of amides is 1. The van der Waals surface area contributed by atoms with E-state index in [2.05, 4.69) is 28.2 Å². The fraction of sp³-hybridized carbons (Fsp3) is 0.500. The molecule has 100 valence electrons. The van der Waals surface area contributed by atoms with E-state index in [-0.39, 0.29) is 5.91 Å². The first-order valence-corrected chi connectivity index (χ1v) is 7.60. The number of halogens is 2. The summed E-state index contributed by atoms with van der Waals surface area (Å²) >= 11 is 9.15. The molecule has 0 spiro atoms. The SMILES string of the molecule is CCCC(CCCl)CNC(=O)c1ccccc1Br. The number of alkyl halides is 1. The Labute approximate surface area is 122 Å². The Hall–Kier alpha value is -0.540. The average Bonchev–Trinajstić information content (AvgIpc) is 2.36. The second kappa shape index (κ2) is 8.54. The molecule has 18 heavy (non-hydrogen) atoms. The molecule has 0 saturated heterocycles. The summed E-state index contributed by atoms with van der Waals surface area (Å²) in [6, 6.07) is 7.45. The summed E-state index contributed by atoms with van der Waals surface area (Å²) in [7, 11) is 0. The largest absolute Gasteiger partial charge is 0.352 e. The molecule has 0 aromatic heterocycles. The van der Waals surface area contributed by atoms with Gasteiger partial charge in [0.05, 0.1) is 5.56 Å². The first-order chi connectivity index (χ1) is 8.69. The molecule has 2 nitrogen and oxygen atoms in total. The summed E-state index contributed by atoms with van der Waals surface area (Å²) < 4.78 is 0.826. The van der Waals surface area contributed by atoms with Gasteiger partial charge < -0.3 is 5.32 Å². The molecule has 1 aromatic carbocycles. The predicted molar refractivity (Wildman–Crippen MR) is 80.2 cm³/mol. The lowest BCUT2D eigenvalue weighted by Crippen LogP contribution is -2.29. The van der Waals surface area contributed by atoms with Gasteiger partial charge in [0.25, 0.3) is 5.91 Å². The van der Waals surface area contributed by atoms with Crippen LogP contribution in [0.1, 0.15) is 36.5 Å². The summed E-state index contributed by atoms with van der Waals surface area (Å²) in [4.78, 5) is 12.0. The molecule has 1 rings (SSSR count). The van der Waals surface area contributed by atoms with Crippen molar-refractivity contribution < 1.29 is 4.79 Å². The Morgan fingerprint density at radius 3 is 2.72 bits per heavy atom. The molecule has 1 amide bonds. The van der Waals surface area contributed by atoms with Gasteiger partial charge in [-0.05, 0) is 46.8 Å². The zero-order valence-corrected chi connectivity index (χ0v) is 12.9. The molecule has 1 aromatic rings. The minimum atomic E-state index is -0.0295. The molecule has 0 aliphatic carbocycles. The molecule has 0 heterocycles. The maximum Gasteiger partial charge on any atom is 0.252 e. The van der Waals surface area contributed by atoms with E-state index in [1.54, 1.807) is 0 Å². The summed E-state index contributed by atoms with van der Waals surface area (Å²) in [6.07, 6.45) is 3.17. The minimum absolute atomic E-state index is 0.0295. The fourth-order valence-electron chi connectivity index (χ4n) is 1.89. The van der Waals surface area contributed by atoms with Crippen LogP contribution in [0.3, 0.4) is 0 Å². The molecule has 4 heteroatoms. The Morgan fingerprint density at radius 2 is 2.11 bits per heavy atom. The fourth-order valence-corrected chi connectivity index (χ4v) is 2.66. The Bertz CT molecular complexity index is 378. The maximum absolute atomic E-state index is 12.0. The maximum atomic E-state index is 12.0. The molecule has 1 unspecified atom stereocenters. The van der Waals surface area contributed by atoms with Gasteiger partial charge in [-0.3, -0.25) is 4.79 Å². The smallest absolute Gasteiger partial charge is 0.252 e. The zero-order valence-electron chi connectivity index (χ0n) is 10.6. The van der Waals surface area contributed by atoms with E-state index in [1.165, 1.54) is 0 Å². The number of carbonyl (C=O) groups excluding carboxylic acids is 1. The number of benzene rings is 1. The highest BCUT2D eigenvalue weighted by Gasteiger charge is 2.12. The summed E-state index contributed by atoms with van der Waals surface area (Å²) in [5.41, 5.74) is 0.679. The van der Waals surface area contributed by atoms with Crippen molar-refractivity contribution in [2.45, 2.75) is 26.2 Å². The first-order valence-electron chi connectivity index (χ1n) is 6.27. The van der Waals surface area contributed by atoms with Gasteiger partial charge in [0.2, 0.25) is 0 Å². The third kappa shape index (κ3) is 4.99. The second-order valence-electron chi connectivity index (χ2n) is 4.32. The molecule has 0 bridgehead atoms. The van der Waals surface area contributed by atoms with Gasteiger partial charge in [-0.15, -0.1) is 11.6 Å². The first kappa shape index (κ1) is 15.5. The van der Waals surface area contributed by atoms with Crippen molar-refractivity contribution in [1.29, 1.82) is 0 Å². The van der Waals surface area contributed by atoms with E-state index in [4.69, 9.17) is 11.6 Å². The molecule has 0 aliphatic rings. The van der Waals surface area contributed by atoms with Crippen LogP contribution in [-0.2, 0) is 0 Å². The monoisotopic (exact) mass is 331 g/mol. The van der Waals surface area contributed by atoms with Crippen LogP contribution in [0.5, 0.6) is 0 Å². The Morgan fingerprint density at radius 1 is 1.39 bits per heavy atom. The molecule has 1 N–H and O–H groups in total. The highest BCUT2D eigenvalue weighted by molar-refractivity contribution is 9.10. The van der Waals surface area contributed by atoms with Crippen LogP contribution in [-0.4, -0.2) is 18.3 Å². The van der Waals surface area contributed by atoms with E-state index in [9.17, 15) is 4.79 Å². The summed E-state index contributed by atoms with van der Waals surface area (Å²) in [6.45, 7) is 2.84. The number of nitrogens with one attached hydrogen (secondary N) is 1. The van der Waals surface area contributed by atoms with Crippen LogP contribution in [0.15, 0.2) is 28.7 Å². The van der Waals surface area contributed by atoms with E-state index >= 15 is 0 Å². The van der Waals surface area contributed by atoms with Crippen molar-refractivity contribution in [2.75, 3.05) is 12.4 Å². The Balaban J connectivity index is 2.52. The van der Waals surface area contributed by atoms with Crippen molar-refractivity contribution in [3.63, 3.8) is 0 Å². The van der Waals surface area contributed by atoms with Crippen LogP contribution in [0.2, 0.25) is 0 Å². The van der Waals surface area contributed by atoms with Crippen molar-refractivity contribution >= 4 is 33.4 Å². The van der Waals surface area contributed by atoms with Gasteiger partial charge in [-0.1, -0.05) is 25.5 Å². The summed E-state index contributed by atoms with van der Waals surface area (Å²) in [5.74, 6) is 1.09. The highest BCUT2D eigenvalue weighted by atomic mass is 79.9. The molecule has 0 saturated carbocycles. The third-order valence-electron chi connectivity index (χ3n) is 2.88. The lowest BCUT2D eigenvalue weighted by molar-refractivity contribution is 0.0945. The van der Waals surface area contributed by atoms with Gasteiger partial charge in [-0.2, -0.15) is 0 Å². The highest BCUT2D eigenvalue weighted by Crippen LogP contribution is 2.16. The average molecular weight is 333 g/mol. The number of carbonyl (C=O) groups is 1. The Kier molecular flexibility index (Phi) is 7.36. The van der Waals surface area contributed by atoms with Crippen LogP contribution in [0.25, 0.3) is 0 Å². The normalized spacial score (nSPS) is 12.2. The van der Waals surface area contributed by atoms with Crippen LogP contribution >= 0.6 is 27.5 Å². The lowest BCUT2D eigenvalue weighted by atomic mass is 10.0. The topological polar surface area (TPSA) is 29.1 Å². The molecule has 0 aliphatic heterocycles. The van der Waals surface area contributed by atoms with Gasteiger partial charge in [-0.25, -0.2) is 0 Å². The van der Waals surface area contributed by atoms with E-state index in [0.29, 0.717) is 23.9 Å². The second-order valence-corrected chi connectivity index (χ2v) is 5.55. The quantitative estimate of drug-likeness (QED) is 0.744. The van der Waals surface area contributed by atoms with Gasteiger partial charge in [0.1, 0.15) is 0 Å². The summed E-state index contributed by atoms with van der Waals surface area (Å²) in [5, 5.41) is 2.98. The number of rotatable bonds is 7. The van der Waals surface area contributed by atoms with Gasteiger partial charge >= 0.3 is 0 Å². The van der Waals surface area contributed by atoms with Crippen molar-refractivity contribution in [3.05, 3.63) is 34.3 Å². The van der Waals surface area contributed by atoms with Crippen molar-refractivity contribution in [2.24, 2.45) is 5.92 Å². The van der Waals surface area contributed by atoms with Crippen LogP contribution in [0.4, 0.5) is 0 Å². The molecule has 0 fully saturated rings. The van der Waals surface area contributed by atoms with E-state index in [1.807, 2.05) is 24.3 Å². The van der Waals surface area contributed by atoms with Gasteiger partial charge in [0.15, 0.2) is 0 Å². The van der Waals surface area contributed by atoms with Crippen molar-refractivity contribution in [1.82, 2.24) is 5.32 Å². The van der Waals surface area contributed by atoms with Gasteiger partial charge in [0, 0.05) is 16.9 Å². The molecular weight excluding hydrogens is 314 g/mol. The number of hydrogen-bond donors (Lipinski definition) is 1. The van der Waals surface area contributed by atoms with E-state index < -0.39 is 0 Å². The number of hydrogen-bond acceptors (Lipinski definition) is 1. The molecule has 1 atom stereocenters. The lowest BCUT2D eigenvalue weighted by Gasteiger charge is -2.15. The van der Waals surface area contributed by atoms with Crippen LogP contribution in [0, 0.1) is 5.92 Å². The van der Waals surface area contributed by atoms with E-state index in [0.717, 1.165) is 23.7 Å². The zero-order chi connectivity index (χ0) is 13.4. The van der Waals surface area contributed by atoms with Crippen molar-refractivity contribution in [3.8, 4) is 0 Å².